The number of amides is 1. The highest BCUT2D eigenvalue weighted by atomic mass is 32.2. The minimum atomic E-state index is -4.19. The number of carbonyl (C=O) groups is 1. The third-order valence-corrected chi connectivity index (χ3v) is 5.62. The van der Waals surface area contributed by atoms with Gasteiger partial charge in [-0.15, -0.1) is 0 Å². The monoisotopic (exact) mass is 347 g/mol. The zero-order valence-corrected chi connectivity index (χ0v) is 13.3. The van der Waals surface area contributed by atoms with Gasteiger partial charge in [-0.2, -0.15) is 4.31 Å². The molecule has 1 aliphatic rings. The van der Waals surface area contributed by atoms with Crippen molar-refractivity contribution in [1.29, 1.82) is 0 Å². The van der Waals surface area contributed by atoms with Gasteiger partial charge in [-0.1, -0.05) is 6.07 Å². The number of carbonyl (C=O) groups excluding carboxylic acids is 1. The molecule has 23 heavy (non-hydrogen) atoms. The summed E-state index contributed by atoms with van der Waals surface area (Å²) in [6.45, 7) is 0.698. The number of nitrogens with two attached hydrogens (primary N) is 1. The van der Waals surface area contributed by atoms with Crippen LogP contribution in [0.4, 0.5) is 8.78 Å². The lowest BCUT2D eigenvalue weighted by Gasteiger charge is -2.31. The molecule has 1 aromatic rings. The van der Waals surface area contributed by atoms with Crippen LogP contribution in [-0.2, 0) is 14.8 Å². The lowest BCUT2D eigenvalue weighted by Crippen LogP contribution is -2.46. The first-order valence-electron chi connectivity index (χ1n) is 7.30. The van der Waals surface area contributed by atoms with Gasteiger partial charge in [0.05, 0.1) is 5.92 Å². The first kappa shape index (κ1) is 17.8. The van der Waals surface area contributed by atoms with Crippen LogP contribution in [0.1, 0.15) is 12.8 Å². The SMILES string of the molecule is NCCNC(=O)C1CCCN(S(=O)(=O)c2cccc(F)c2F)C1. The van der Waals surface area contributed by atoms with Crippen molar-refractivity contribution in [2.45, 2.75) is 17.7 Å². The lowest BCUT2D eigenvalue weighted by molar-refractivity contribution is -0.126. The van der Waals surface area contributed by atoms with Crippen LogP contribution in [0, 0.1) is 17.6 Å². The number of piperidine rings is 1. The lowest BCUT2D eigenvalue weighted by atomic mass is 9.99. The van der Waals surface area contributed by atoms with Crippen LogP contribution in [-0.4, -0.2) is 44.8 Å². The number of hydrogen-bond acceptors (Lipinski definition) is 4. The molecule has 0 aliphatic carbocycles. The van der Waals surface area contributed by atoms with E-state index in [4.69, 9.17) is 5.73 Å². The molecular formula is C14H19F2N3O3S. The quantitative estimate of drug-likeness (QED) is 0.808. The molecule has 1 atom stereocenters. The van der Waals surface area contributed by atoms with Gasteiger partial charge in [0.25, 0.3) is 0 Å². The Bertz CT molecular complexity index is 682. The van der Waals surface area contributed by atoms with Crippen LogP contribution in [0.15, 0.2) is 23.1 Å². The molecule has 0 radical (unpaired) electrons. The topological polar surface area (TPSA) is 92.5 Å². The highest BCUT2D eigenvalue weighted by Crippen LogP contribution is 2.26. The fourth-order valence-electron chi connectivity index (χ4n) is 2.54. The minimum Gasteiger partial charge on any atom is -0.355 e. The van der Waals surface area contributed by atoms with Crippen molar-refractivity contribution in [2.75, 3.05) is 26.2 Å². The summed E-state index contributed by atoms with van der Waals surface area (Å²) in [5.41, 5.74) is 5.31. The van der Waals surface area contributed by atoms with Crippen molar-refractivity contribution < 1.29 is 22.0 Å². The zero-order chi connectivity index (χ0) is 17.0. The zero-order valence-electron chi connectivity index (χ0n) is 12.5. The number of halogens is 2. The average molecular weight is 347 g/mol. The summed E-state index contributed by atoms with van der Waals surface area (Å²) in [5, 5.41) is 2.61. The van der Waals surface area contributed by atoms with E-state index in [-0.39, 0.29) is 25.5 Å². The van der Waals surface area contributed by atoms with Crippen LogP contribution >= 0.6 is 0 Å². The Morgan fingerprint density at radius 1 is 1.39 bits per heavy atom. The van der Waals surface area contributed by atoms with E-state index in [0.717, 1.165) is 22.5 Å². The molecule has 6 nitrogen and oxygen atoms in total. The van der Waals surface area contributed by atoms with Crippen LogP contribution in [0.5, 0.6) is 0 Å². The molecule has 1 heterocycles. The summed E-state index contributed by atoms with van der Waals surface area (Å²) in [4.78, 5) is 11.3. The summed E-state index contributed by atoms with van der Waals surface area (Å²) in [5.74, 6) is -3.43. The number of rotatable bonds is 5. The van der Waals surface area contributed by atoms with Crippen molar-refractivity contribution in [2.24, 2.45) is 11.7 Å². The second-order valence-electron chi connectivity index (χ2n) is 5.33. The summed E-state index contributed by atoms with van der Waals surface area (Å²) < 4.78 is 53.1. The Morgan fingerprint density at radius 2 is 2.13 bits per heavy atom. The van der Waals surface area contributed by atoms with Crippen LogP contribution in [0.3, 0.4) is 0 Å². The normalized spacial score (nSPS) is 19.5. The smallest absolute Gasteiger partial charge is 0.246 e. The van der Waals surface area contributed by atoms with E-state index in [1.54, 1.807) is 0 Å². The van der Waals surface area contributed by atoms with Crippen molar-refractivity contribution in [3.63, 3.8) is 0 Å². The summed E-state index contributed by atoms with van der Waals surface area (Å²) >= 11 is 0. The largest absolute Gasteiger partial charge is 0.355 e. The molecule has 1 aliphatic heterocycles. The van der Waals surface area contributed by atoms with Gasteiger partial charge >= 0.3 is 0 Å². The van der Waals surface area contributed by atoms with Crippen molar-refractivity contribution in [3.8, 4) is 0 Å². The summed E-state index contributed by atoms with van der Waals surface area (Å²) in [6.07, 6.45) is 1.00. The molecule has 0 aromatic heterocycles. The van der Waals surface area contributed by atoms with Crippen LogP contribution < -0.4 is 11.1 Å². The van der Waals surface area contributed by atoms with E-state index in [1.165, 1.54) is 0 Å². The molecular weight excluding hydrogens is 328 g/mol. The standard InChI is InChI=1S/C14H19F2N3O3S/c15-11-4-1-5-12(13(11)16)23(21,22)19-8-2-3-10(9-19)14(20)18-7-6-17/h1,4-5,10H,2-3,6-9,17H2,(H,18,20). The van der Waals surface area contributed by atoms with E-state index in [9.17, 15) is 22.0 Å². The van der Waals surface area contributed by atoms with E-state index in [2.05, 4.69) is 5.32 Å². The molecule has 1 unspecified atom stereocenters. The van der Waals surface area contributed by atoms with Crippen molar-refractivity contribution >= 4 is 15.9 Å². The van der Waals surface area contributed by atoms with Crippen molar-refractivity contribution in [3.05, 3.63) is 29.8 Å². The predicted molar refractivity (Wildman–Crippen MR) is 79.9 cm³/mol. The molecule has 1 saturated heterocycles. The van der Waals surface area contributed by atoms with E-state index >= 15 is 0 Å². The van der Waals surface area contributed by atoms with E-state index < -0.39 is 32.5 Å². The number of nitrogens with one attached hydrogen (secondary N) is 1. The second-order valence-corrected chi connectivity index (χ2v) is 7.24. The number of nitrogens with zero attached hydrogens (tertiary/aromatic N) is 1. The summed E-state index contributed by atoms with van der Waals surface area (Å²) in [6, 6.07) is 3.01. The van der Waals surface area contributed by atoms with Gasteiger partial charge in [-0.3, -0.25) is 4.79 Å². The fourth-order valence-corrected chi connectivity index (χ4v) is 4.14. The maximum absolute atomic E-state index is 13.8. The molecule has 1 aromatic carbocycles. The van der Waals surface area contributed by atoms with Gasteiger partial charge in [0.15, 0.2) is 11.6 Å². The Labute approximate surface area is 133 Å². The maximum atomic E-state index is 13.8. The van der Waals surface area contributed by atoms with Gasteiger partial charge in [-0.25, -0.2) is 17.2 Å². The predicted octanol–water partition coefficient (Wildman–Crippen LogP) is 0.440. The third-order valence-electron chi connectivity index (χ3n) is 3.73. The Morgan fingerprint density at radius 3 is 2.83 bits per heavy atom. The first-order chi connectivity index (χ1) is 10.9. The van der Waals surface area contributed by atoms with Gasteiger partial charge in [0.2, 0.25) is 15.9 Å². The molecule has 1 amide bonds. The van der Waals surface area contributed by atoms with E-state index in [1.807, 2.05) is 0 Å². The summed E-state index contributed by atoms with van der Waals surface area (Å²) in [7, 11) is -4.19. The molecule has 9 heteroatoms. The Kier molecular flexibility index (Phi) is 5.66. The minimum absolute atomic E-state index is 0.0608. The molecule has 0 bridgehead atoms. The molecule has 3 N–H and O–H groups in total. The molecule has 0 spiro atoms. The Hall–Kier alpha value is -1.58. The van der Waals surface area contributed by atoms with Gasteiger partial charge in [-0.05, 0) is 25.0 Å². The molecule has 0 saturated carbocycles. The Balaban J connectivity index is 2.20. The van der Waals surface area contributed by atoms with Crippen molar-refractivity contribution in [1.82, 2.24) is 9.62 Å². The van der Waals surface area contributed by atoms with Crippen LogP contribution in [0.2, 0.25) is 0 Å². The van der Waals surface area contributed by atoms with Gasteiger partial charge < -0.3 is 11.1 Å². The van der Waals surface area contributed by atoms with Gasteiger partial charge in [0.1, 0.15) is 4.90 Å². The number of benzene rings is 1. The maximum Gasteiger partial charge on any atom is 0.246 e. The third kappa shape index (κ3) is 3.85. The molecule has 1 fully saturated rings. The highest BCUT2D eigenvalue weighted by molar-refractivity contribution is 7.89. The number of sulfonamides is 1. The number of hydrogen-bond donors (Lipinski definition) is 2. The molecule has 128 valence electrons. The first-order valence-corrected chi connectivity index (χ1v) is 8.74. The van der Waals surface area contributed by atoms with Crippen LogP contribution in [0.25, 0.3) is 0 Å². The fraction of sp³-hybridized carbons (Fsp3) is 0.500. The average Bonchev–Trinajstić information content (AvgIpc) is 2.55. The second kappa shape index (κ2) is 7.33. The van der Waals surface area contributed by atoms with E-state index in [0.29, 0.717) is 19.4 Å². The van der Waals surface area contributed by atoms with Gasteiger partial charge in [0, 0.05) is 26.2 Å². The highest BCUT2D eigenvalue weighted by Gasteiger charge is 2.35. The molecule has 2 rings (SSSR count).